The summed E-state index contributed by atoms with van der Waals surface area (Å²) in [6.45, 7) is 0. The fourth-order valence-electron chi connectivity index (χ4n) is 7.71. The van der Waals surface area contributed by atoms with E-state index in [4.69, 9.17) is 9.47 Å². The molecule has 0 aliphatic carbocycles. The first-order valence-electron chi connectivity index (χ1n) is 18.3. The maximum Gasteiger partial charge on any atom is 2.00 e. The number of hydrogen-bond acceptors (Lipinski definition) is 11. The minimum absolute atomic E-state index is 0. The number of para-hydroxylation sites is 2. The smallest absolute Gasteiger partial charge is 0.509 e. The SMILES string of the molecule is [Pt+2].[Pt+2].[c-]1c(Oc2[c-]c3c(cc2)c2ccccc2n3-c2ncncn2)ccc2c3ccc(Oc4[c-]c5c(cc4)c4ccccc4n5-c4ncncn4)[c-]c3n(-c3ncncn3)c12. The van der Waals surface area contributed by atoms with Crippen LogP contribution in [0.5, 0.6) is 23.0 Å². The summed E-state index contributed by atoms with van der Waals surface area (Å²) in [4.78, 5) is 38.8. The second kappa shape index (κ2) is 15.4. The van der Waals surface area contributed by atoms with E-state index in [1.807, 2.05) is 98.6 Å². The predicted molar refractivity (Wildman–Crippen MR) is 218 cm³/mol. The zero-order valence-corrected chi connectivity index (χ0v) is 35.6. The largest absolute Gasteiger partial charge is 2.00 e. The van der Waals surface area contributed by atoms with Crippen molar-refractivity contribution in [1.82, 2.24) is 58.6 Å². The van der Waals surface area contributed by atoms with Crippen LogP contribution >= 0.6 is 0 Å². The van der Waals surface area contributed by atoms with E-state index in [0.29, 0.717) is 51.9 Å². The third-order valence-corrected chi connectivity index (χ3v) is 10.1. The van der Waals surface area contributed by atoms with E-state index in [9.17, 15) is 0 Å². The van der Waals surface area contributed by atoms with Crippen LogP contribution in [0.2, 0.25) is 0 Å². The number of ether oxygens (including phenoxy) is 2. The zero-order valence-electron chi connectivity index (χ0n) is 31.0. The van der Waals surface area contributed by atoms with Crippen molar-refractivity contribution in [1.29, 1.82) is 0 Å². The molecule has 6 heterocycles. The minimum atomic E-state index is 0. The van der Waals surface area contributed by atoms with Gasteiger partial charge in [0.15, 0.2) is 0 Å². The second-order valence-corrected chi connectivity index (χ2v) is 13.4. The van der Waals surface area contributed by atoms with Gasteiger partial charge < -0.3 is 23.2 Å². The molecule has 0 bridgehead atoms. The molecule has 0 amide bonds. The quantitative estimate of drug-likeness (QED) is 0.142. The molecule has 0 fully saturated rings. The standard InChI is InChI=1S/C45H22N12O2.2Pt/c1-3-7-37-31(5-1)33-13-9-27(17-39(33)55(37)43-49-21-46-22-50-43)58-29-11-15-35-36-16-12-30(20-42(36)57(41(35)19-29)45-53-25-48-26-54-45)59-28-10-14-34-32-6-2-4-8-38(32)56(40(34)18-28)44-51-23-47-24-52-44;;/h1-16,21-26H;;/q-4;2*+2. The monoisotopic (exact) mass is 1150 g/mol. The summed E-state index contributed by atoms with van der Waals surface area (Å²) in [7, 11) is 0. The van der Waals surface area contributed by atoms with E-state index in [-0.39, 0.29) is 42.1 Å². The van der Waals surface area contributed by atoms with Gasteiger partial charge in [0, 0.05) is 34.0 Å². The molecule has 6 aromatic carbocycles. The summed E-state index contributed by atoms with van der Waals surface area (Å²) < 4.78 is 18.7. The van der Waals surface area contributed by atoms with E-state index in [2.05, 4.69) is 81.3 Å². The van der Waals surface area contributed by atoms with Crippen molar-refractivity contribution in [3.05, 3.63) is 159 Å². The molecule has 12 rings (SSSR count). The third-order valence-electron chi connectivity index (χ3n) is 10.1. The Morgan fingerprint density at radius 1 is 0.328 bits per heavy atom. The Morgan fingerprint density at radius 3 is 0.984 bits per heavy atom. The minimum Gasteiger partial charge on any atom is -0.509 e. The molecule has 6 aromatic heterocycles. The van der Waals surface area contributed by atoms with Crippen LogP contribution in [0.15, 0.2) is 135 Å². The van der Waals surface area contributed by atoms with Gasteiger partial charge in [0.05, 0.1) is 0 Å². The summed E-state index contributed by atoms with van der Waals surface area (Å²) >= 11 is 0. The van der Waals surface area contributed by atoms with Crippen LogP contribution in [0.1, 0.15) is 0 Å². The molecule has 14 nitrogen and oxygen atoms in total. The van der Waals surface area contributed by atoms with Gasteiger partial charge >= 0.3 is 42.1 Å². The molecule has 0 aliphatic heterocycles. The van der Waals surface area contributed by atoms with Crippen LogP contribution in [0.4, 0.5) is 0 Å². The molecule has 0 unspecified atom stereocenters. The van der Waals surface area contributed by atoms with Gasteiger partial charge in [-0.3, -0.25) is 0 Å². The average Bonchev–Trinajstić information content (AvgIpc) is 3.92. The Bertz CT molecular complexity index is 3370. The molecular weight excluding hydrogens is 1130 g/mol. The molecular formula is C45H22N12O2Pt2. The van der Waals surface area contributed by atoms with Gasteiger partial charge in [-0.1, -0.05) is 58.5 Å². The molecule has 12 aromatic rings. The molecule has 0 N–H and O–H groups in total. The zero-order chi connectivity index (χ0) is 38.9. The molecule has 61 heavy (non-hydrogen) atoms. The van der Waals surface area contributed by atoms with Crippen LogP contribution < -0.4 is 9.47 Å². The molecule has 294 valence electrons. The van der Waals surface area contributed by atoms with E-state index in [0.717, 1.165) is 54.4 Å². The Balaban J connectivity index is 0.00000223. The fraction of sp³-hybridized carbons (Fsp3) is 0. The van der Waals surface area contributed by atoms with E-state index in [1.54, 1.807) is 0 Å². The maximum absolute atomic E-state index is 6.47. The first-order valence-corrected chi connectivity index (χ1v) is 18.3. The summed E-state index contributed by atoms with van der Waals surface area (Å²) in [5.41, 5.74) is 4.76. The Labute approximate surface area is 373 Å². The molecule has 0 radical (unpaired) electrons. The van der Waals surface area contributed by atoms with Crippen LogP contribution in [0, 0.1) is 24.3 Å². The summed E-state index contributed by atoms with van der Waals surface area (Å²) in [5.74, 6) is 3.24. The number of aromatic nitrogens is 12. The molecule has 0 saturated carbocycles. The van der Waals surface area contributed by atoms with Gasteiger partial charge in [-0.2, -0.15) is 35.0 Å². The van der Waals surface area contributed by atoms with E-state index in [1.165, 1.54) is 38.0 Å². The first-order chi connectivity index (χ1) is 29.2. The third kappa shape index (κ3) is 6.30. The van der Waals surface area contributed by atoms with Crippen molar-refractivity contribution < 1.29 is 51.6 Å². The van der Waals surface area contributed by atoms with Crippen molar-refractivity contribution in [2.75, 3.05) is 0 Å². The summed E-state index contributed by atoms with van der Waals surface area (Å²) in [5, 5.41) is 5.83. The Kier molecular flexibility index (Phi) is 9.58. The normalized spacial score (nSPS) is 11.3. The molecule has 0 spiro atoms. The molecule has 0 saturated heterocycles. The van der Waals surface area contributed by atoms with Crippen molar-refractivity contribution in [2.24, 2.45) is 0 Å². The van der Waals surface area contributed by atoms with Gasteiger partial charge in [-0.15, -0.1) is 59.3 Å². The van der Waals surface area contributed by atoms with Crippen LogP contribution in [0.25, 0.3) is 83.3 Å². The van der Waals surface area contributed by atoms with E-state index >= 15 is 0 Å². The number of rotatable bonds is 7. The van der Waals surface area contributed by atoms with Crippen molar-refractivity contribution >= 4 is 65.4 Å². The molecule has 16 heteroatoms. The Hall–Kier alpha value is -7.27. The topological polar surface area (TPSA) is 149 Å². The van der Waals surface area contributed by atoms with Crippen molar-refractivity contribution in [3.63, 3.8) is 0 Å². The van der Waals surface area contributed by atoms with Gasteiger partial charge in [-0.05, 0) is 22.9 Å². The number of nitrogens with zero attached hydrogens (tertiary/aromatic N) is 12. The van der Waals surface area contributed by atoms with E-state index < -0.39 is 0 Å². The Morgan fingerprint density at radius 2 is 0.623 bits per heavy atom. The molecule has 0 aliphatic rings. The van der Waals surface area contributed by atoms with Crippen LogP contribution in [-0.4, -0.2) is 58.6 Å². The average molecular weight is 1150 g/mol. The first kappa shape index (κ1) is 38.0. The predicted octanol–water partition coefficient (Wildman–Crippen LogP) is 8.31. The summed E-state index contributed by atoms with van der Waals surface area (Å²) in [6.07, 6.45) is 8.81. The summed E-state index contributed by atoms with van der Waals surface area (Å²) in [6, 6.07) is 45.5. The molecule has 0 atom stereocenters. The maximum atomic E-state index is 6.47. The van der Waals surface area contributed by atoms with Crippen molar-refractivity contribution in [2.45, 2.75) is 0 Å². The van der Waals surface area contributed by atoms with Gasteiger partial charge in [-0.25, -0.2) is 44.9 Å². The van der Waals surface area contributed by atoms with Gasteiger partial charge in [0.1, 0.15) is 38.0 Å². The van der Waals surface area contributed by atoms with Crippen LogP contribution in [0.3, 0.4) is 0 Å². The second-order valence-electron chi connectivity index (χ2n) is 13.4. The van der Waals surface area contributed by atoms with Crippen molar-refractivity contribution in [3.8, 4) is 40.8 Å². The van der Waals surface area contributed by atoms with Gasteiger partial charge in [0.2, 0.25) is 17.8 Å². The number of fused-ring (bicyclic) bond motifs is 9. The van der Waals surface area contributed by atoms with Gasteiger partial charge in [0.25, 0.3) is 0 Å². The van der Waals surface area contributed by atoms with Crippen LogP contribution in [-0.2, 0) is 42.1 Å². The number of hydrogen-bond donors (Lipinski definition) is 0. The fourth-order valence-corrected chi connectivity index (χ4v) is 7.71. The number of benzene rings is 6.